The van der Waals surface area contributed by atoms with Gasteiger partial charge in [-0.1, -0.05) is 20.3 Å². The van der Waals surface area contributed by atoms with E-state index in [0.717, 1.165) is 19.4 Å². The molecule has 3 heteroatoms. The van der Waals surface area contributed by atoms with Gasteiger partial charge in [0.05, 0.1) is 0 Å². The smallest absolute Gasteiger partial charge is 0.0430 e. The van der Waals surface area contributed by atoms with Crippen molar-refractivity contribution >= 4 is 0 Å². The summed E-state index contributed by atoms with van der Waals surface area (Å²) in [6, 6.07) is 0. The number of unbranched alkanes of at least 4 members (excludes halogenated alkanes) is 1. The van der Waals surface area contributed by atoms with Crippen LogP contribution in [0.25, 0.3) is 0 Å². The van der Waals surface area contributed by atoms with Crippen LogP contribution in [-0.4, -0.2) is 18.3 Å². The first kappa shape index (κ1) is 11.6. The number of hydrazine groups is 1. The molecule has 9 heavy (non-hydrogen) atoms. The molecule has 3 nitrogen and oxygen atoms in total. The Morgan fingerprint density at radius 3 is 1.89 bits per heavy atom. The minimum Gasteiger partial charge on any atom is -0.396 e. The molecule has 0 spiro atoms. The third kappa shape index (κ3) is 32.8. The van der Waals surface area contributed by atoms with Crippen molar-refractivity contribution in [3.05, 3.63) is 0 Å². The summed E-state index contributed by atoms with van der Waals surface area (Å²) in [7, 11) is 0. The van der Waals surface area contributed by atoms with Gasteiger partial charge in [-0.05, 0) is 6.42 Å². The Morgan fingerprint density at radius 1 is 1.44 bits per heavy atom. The van der Waals surface area contributed by atoms with Crippen LogP contribution in [0.3, 0.4) is 0 Å². The predicted molar refractivity (Wildman–Crippen MR) is 39.9 cm³/mol. The van der Waals surface area contributed by atoms with E-state index in [4.69, 9.17) is 10.9 Å². The van der Waals surface area contributed by atoms with Gasteiger partial charge in [-0.2, -0.15) is 0 Å². The number of hydrogen-bond acceptors (Lipinski definition) is 3. The molecule has 0 aliphatic heterocycles. The van der Waals surface area contributed by atoms with Crippen LogP contribution in [0.1, 0.15) is 26.7 Å². The van der Waals surface area contributed by atoms with Crippen LogP contribution in [-0.2, 0) is 0 Å². The Bertz CT molecular complexity index is 30.2. The molecule has 0 fully saturated rings. The molecule has 0 aliphatic rings. The minimum absolute atomic E-state index is 0.344. The molecule has 4 N–H and O–H groups in total. The molecule has 0 amide bonds. The summed E-state index contributed by atoms with van der Waals surface area (Å²) in [5.41, 5.74) is 2.43. The van der Waals surface area contributed by atoms with Gasteiger partial charge < -0.3 is 5.11 Å². The zero-order valence-electron chi connectivity index (χ0n) is 6.35. The van der Waals surface area contributed by atoms with Crippen LogP contribution < -0.4 is 11.3 Å². The third-order valence-corrected chi connectivity index (χ3v) is 0.716. The maximum Gasteiger partial charge on any atom is 0.0430 e. The Hall–Kier alpha value is -0.120. The molecule has 0 radical (unpaired) electrons. The number of nitrogens with two attached hydrogens (primary N) is 1. The van der Waals surface area contributed by atoms with Crippen molar-refractivity contribution in [2.45, 2.75) is 26.7 Å². The van der Waals surface area contributed by atoms with E-state index < -0.39 is 0 Å². The average molecular weight is 134 g/mol. The highest BCUT2D eigenvalue weighted by Crippen LogP contribution is 1.78. The summed E-state index contributed by atoms with van der Waals surface area (Å²) in [6.45, 7) is 5.19. The summed E-state index contributed by atoms with van der Waals surface area (Å²) in [5.74, 6) is 4.78. The maximum absolute atomic E-state index is 8.07. The van der Waals surface area contributed by atoms with Crippen molar-refractivity contribution in [3.63, 3.8) is 0 Å². The molecule has 0 heterocycles. The lowest BCUT2D eigenvalue weighted by molar-refractivity contribution is 0.287. The molecule has 0 aliphatic carbocycles. The maximum atomic E-state index is 8.07. The molecular formula is C6H18N2O. The van der Waals surface area contributed by atoms with Crippen molar-refractivity contribution < 1.29 is 5.11 Å². The quantitative estimate of drug-likeness (QED) is 0.383. The van der Waals surface area contributed by atoms with Gasteiger partial charge in [0, 0.05) is 13.2 Å². The van der Waals surface area contributed by atoms with Gasteiger partial charge in [-0.25, -0.2) is 0 Å². The number of rotatable bonds is 3. The number of aliphatic hydroxyl groups is 1. The zero-order chi connectivity index (χ0) is 7.54. The van der Waals surface area contributed by atoms with Crippen LogP contribution in [0, 0.1) is 0 Å². The van der Waals surface area contributed by atoms with E-state index in [1.165, 1.54) is 0 Å². The molecule has 0 unspecified atom stereocenters. The number of aliphatic hydroxyl groups excluding tert-OH is 1. The molecular weight excluding hydrogens is 116 g/mol. The first-order valence-electron chi connectivity index (χ1n) is 3.37. The fourth-order valence-electron chi connectivity index (χ4n) is 0.158. The van der Waals surface area contributed by atoms with Crippen LogP contribution in [0.4, 0.5) is 0 Å². The Morgan fingerprint density at radius 2 is 1.89 bits per heavy atom. The van der Waals surface area contributed by atoms with E-state index >= 15 is 0 Å². The predicted octanol–water partition coefficient (Wildman–Crippen LogP) is 0.248. The van der Waals surface area contributed by atoms with Gasteiger partial charge in [0.25, 0.3) is 0 Å². The SMILES string of the molecule is CCCCO.CCNN. The van der Waals surface area contributed by atoms with Gasteiger partial charge in [-0.3, -0.25) is 11.3 Å². The molecule has 58 valence electrons. The largest absolute Gasteiger partial charge is 0.396 e. The van der Waals surface area contributed by atoms with Gasteiger partial charge in [0.1, 0.15) is 0 Å². The molecule has 0 bridgehead atoms. The second-order valence-electron chi connectivity index (χ2n) is 1.63. The van der Waals surface area contributed by atoms with E-state index in [1.807, 2.05) is 6.92 Å². The van der Waals surface area contributed by atoms with E-state index in [0.29, 0.717) is 6.61 Å². The van der Waals surface area contributed by atoms with Crippen LogP contribution in [0.2, 0.25) is 0 Å². The van der Waals surface area contributed by atoms with Crippen molar-refractivity contribution in [1.82, 2.24) is 5.43 Å². The molecule has 0 aromatic heterocycles. The molecule has 0 saturated heterocycles. The number of nitrogens with one attached hydrogen (secondary N) is 1. The normalized spacial score (nSPS) is 8.00. The lowest BCUT2D eigenvalue weighted by Gasteiger charge is -1.79. The van der Waals surface area contributed by atoms with Crippen molar-refractivity contribution in [3.8, 4) is 0 Å². The first-order chi connectivity index (χ1) is 4.33. The first-order valence-corrected chi connectivity index (χ1v) is 3.37. The second kappa shape index (κ2) is 15.7. The average Bonchev–Trinajstić information content (AvgIpc) is 1.91. The summed E-state index contributed by atoms with van der Waals surface area (Å²) in [6.07, 6.45) is 2.04. The van der Waals surface area contributed by atoms with Crippen LogP contribution in [0.5, 0.6) is 0 Å². The van der Waals surface area contributed by atoms with Crippen LogP contribution in [0.15, 0.2) is 0 Å². The van der Waals surface area contributed by atoms with Crippen LogP contribution >= 0.6 is 0 Å². The fourth-order valence-corrected chi connectivity index (χ4v) is 0.158. The Kier molecular flexibility index (Phi) is 20.3. The van der Waals surface area contributed by atoms with Gasteiger partial charge >= 0.3 is 0 Å². The monoisotopic (exact) mass is 134 g/mol. The zero-order valence-corrected chi connectivity index (χ0v) is 6.35. The van der Waals surface area contributed by atoms with E-state index in [2.05, 4.69) is 12.3 Å². The summed E-state index contributed by atoms with van der Waals surface area (Å²) >= 11 is 0. The Balaban J connectivity index is 0. The van der Waals surface area contributed by atoms with E-state index in [9.17, 15) is 0 Å². The van der Waals surface area contributed by atoms with Gasteiger partial charge in [0.15, 0.2) is 0 Å². The fraction of sp³-hybridized carbons (Fsp3) is 1.00. The topological polar surface area (TPSA) is 58.3 Å². The molecule has 0 atom stereocenters. The highest BCUT2D eigenvalue weighted by Gasteiger charge is 1.69. The summed E-state index contributed by atoms with van der Waals surface area (Å²) < 4.78 is 0. The van der Waals surface area contributed by atoms with Gasteiger partial charge in [-0.15, -0.1) is 0 Å². The standard InChI is InChI=1S/C4H10O.C2H8N2/c1-2-3-4-5;1-2-4-3/h5H,2-4H2,1H3;4H,2-3H2,1H3. The van der Waals surface area contributed by atoms with Gasteiger partial charge in [0.2, 0.25) is 0 Å². The van der Waals surface area contributed by atoms with E-state index in [1.54, 1.807) is 0 Å². The third-order valence-electron chi connectivity index (χ3n) is 0.716. The second-order valence-corrected chi connectivity index (χ2v) is 1.63. The lowest BCUT2D eigenvalue weighted by atomic mass is 10.4. The van der Waals surface area contributed by atoms with E-state index in [-0.39, 0.29) is 0 Å². The molecule has 0 rings (SSSR count). The molecule has 0 saturated carbocycles. The highest BCUT2D eigenvalue weighted by atomic mass is 16.2. The summed E-state index contributed by atoms with van der Waals surface area (Å²) in [4.78, 5) is 0. The summed E-state index contributed by atoms with van der Waals surface area (Å²) in [5, 5.41) is 8.07. The number of hydrogen-bond donors (Lipinski definition) is 3. The van der Waals surface area contributed by atoms with Crippen molar-refractivity contribution in [2.75, 3.05) is 13.2 Å². The van der Waals surface area contributed by atoms with Crippen molar-refractivity contribution in [2.24, 2.45) is 5.84 Å². The Labute approximate surface area is 57.2 Å². The highest BCUT2D eigenvalue weighted by molar-refractivity contribution is 4.23. The minimum atomic E-state index is 0.344. The lowest BCUT2D eigenvalue weighted by Crippen LogP contribution is -2.20. The molecule has 0 aromatic rings. The van der Waals surface area contributed by atoms with Crippen molar-refractivity contribution in [1.29, 1.82) is 0 Å². The molecule has 0 aromatic carbocycles.